The zero-order valence-corrected chi connectivity index (χ0v) is 16.5. The van der Waals surface area contributed by atoms with Gasteiger partial charge in [0.25, 0.3) is 0 Å². The van der Waals surface area contributed by atoms with Gasteiger partial charge in [-0.15, -0.1) is 0 Å². The Hall–Kier alpha value is -2.23. The minimum atomic E-state index is -2.26. The van der Waals surface area contributed by atoms with Crippen LogP contribution in [0.5, 0.6) is 11.5 Å². The number of benzene rings is 1. The molecule has 1 unspecified atom stereocenters. The zero-order valence-electron chi connectivity index (χ0n) is 19.5. The van der Waals surface area contributed by atoms with Crippen molar-refractivity contribution >= 4 is 5.97 Å². The molecule has 1 aromatic carbocycles. The zero-order chi connectivity index (χ0) is 22.6. The van der Waals surface area contributed by atoms with Crippen molar-refractivity contribution in [3.8, 4) is 11.5 Å². The monoisotopic (exact) mass is 375 g/mol. The minimum absolute atomic E-state index is 0.0382. The van der Waals surface area contributed by atoms with Crippen molar-refractivity contribution in [3.05, 3.63) is 46.6 Å². The van der Waals surface area contributed by atoms with Crippen LogP contribution >= 0.6 is 0 Å². The average molecular weight is 376 g/mol. The van der Waals surface area contributed by atoms with Crippen molar-refractivity contribution in [2.24, 2.45) is 5.92 Å². The maximum absolute atomic E-state index is 12.5. The van der Waals surface area contributed by atoms with Gasteiger partial charge in [0.05, 0.1) is 7.11 Å². The summed E-state index contributed by atoms with van der Waals surface area (Å²) in [6, 6.07) is 1.50. The first-order valence-electron chi connectivity index (χ1n) is 11.0. The number of phenols is 2. The van der Waals surface area contributed by atoms with Crippen LogP contribution in [0, 0.1) is 5.92 Å². The van der Waals surface area contributed by atoms with Gasteiger partial charge in [0.15, 0.2) is 0 Å². The van der Waals surface area contributed by atoms with Gasteiger partial charge >= 0.3 is 5.97 Å². The Labute approximate surface area is 166 Å². The highest BCUT2D eigenvalue weighted by Gasteiger charge is 2.33. The summed E-state index contributed by atoms with van der Waals surface area (Å²) < 4.78 is 28.2. The fourth-order valence-electron chi connectivity index (χ4n) is 3.89. The van der Waals surface area contributed by atoms with Crippen molar-refractivity contribution in [2.45, 2.75) is 65.1 Å². The number of hydrogen-bond acceptors (Lipinski definition) is 4. The predicted molar refractivity (Wildman–Crippen MR) is 108 cm³/mol. The number of aryl methyl sites for hydroxylation is 1. The molecule has 0 saturated carbocycles. The molecular formula is C23H32O4. The van der Waals surface area contributed by atoms with Crippen LogP contribution in [0.2, 0.25) is 0 Å². The number of hydrogen-bond donors (Lipinski definition) is 2. The number of phenolic OH excluding ortho intramolecular Hbond substituents is 2. The van der Waals surface area contributed by atoms with Crippen LogP contribution in [0.4, 0.5) is 0 Å². The lowest BCUT2D eigenvalue weighted by atomic mass is 9.73. The topological polar surface area (TPSA) is 66.8 Å². The lowest BCUT2D eigenvalue weighted by Crippen LogP contribution is -2.18. The molecule has 4 nitrogen and oxygen atoms in total. The Kier molecular flexibility index (Phi) is 5.71. The maximum atomic E-state index is 12.5. The van der Waals surface area contributed by atoms with Crippen LogP contribution in [0.15, 0.2) is 29.9 Å². The molecule has 148 valence electrons. The van der Waals surface area contributed by atoms with Gasteiger partial charge in [-0.2, -0.15) is 0 Å². The Bertz CT molecular complexity index is 840. The van der Waals surface area contributed by atoms with Crippen LogP contribution in [-0.4, -0.2) is 23.3 Å². The fourth-order valence-corrected chi connectivity index (χ4v) is 3.89. The number of rotatable bonds is 7. The highest BCUT2D eigenvalue weighted by molar-refractivity contribution is 5.95. The molecule has 1 aliphatic carbocycles. The summed E-state index contributed by atoms with van der Waals surface area (Å²) in [5, 5.41) is 21.9. The molecule has 0 aliphatic heterocycles. The summed E-state index contributed by atoms with van der Waals surface area (Å²) in [6.45, 7) is 5.67. The van der Waals surface area contributed by atoms with Gasteiger partial charge in [0.2, 0.25) is 0 Å². The Morgan fingerprint density at radius 2 is 2.15 bits per heavy atom. The molecule has 0 heterocycles. The largest absolute Gasteiger partial charge is 0.507 e. The molecule has 0 aromatic heterocycles. The molecule has 4 heteroatoms. The number of methoxy groups -OCH3 is 1. The number of esters is 1. The van der Waals surface area contributed by atoms with Gasteiger partial charge < -0.3 is 14.9 Å². The van der Waals surface area contributed by atoms with Crippen LogP contribution < -0.4 is 0 Å². The predicted octanol–water partition coefficient (Wildman–Crippen LogP) is 5.63. The van der Waals surface area contributed by atoms with E-state index >= 15 is 0 Å². The molecule has 0 bridgehead atoms. The highest BCUT2D eigenvalue weighted by Crippen LogP contribution is 2.48. The van der Waals surface area contributed by atoms with E-state index in [0.717, 1.165) is 24.8 Å². The van der Waals surface area contributed by atoms with E-state index in [0.29, 0.717) is 24.8 Å². The van der Waals surface area contributed by atoms with Crippen LogP contribution in [0.25, 0.3) is 0 Å². The summed E-state index contributed by atoms with van der Waals surface area (Å²) in [7, 11) is 1.24. The van der Waals surface area contributed by atoms with Crippen molar-refractivity contribution in [2.75, 3.05) is 7.11 Å². The van der Waals surface area contributed by atoms with Gasteiger partial charge in [0, 0.05) is 15.6 Å². The Morgan fingerprint density at radius 1 is 1.41 bits per heavy atom. The van der Waals surface area contributed by atoms with Crippen LogP contribution in [0.3, 0.4) is 0 Å². The Balaban J connectivity index is 2.68. The first-order valence-corrected chi connectivity index (χ1v) is 9.55. The summed E-state index contributed by atoms with van der Waals surface area (Å²) in [5.74, 6) is -1.93. The van der Waals surface area contributed by atoms with E-state index in [1.54, 1.807) is 6.08 Å². The second-order valence-electron chi connectivity index (χ2n) is 7.35. The van der Waals surface area contributed by atoms with E-state index in [-0.39, 0.29) is 34.1 Å². The standard InChI is InChI=1S/C23H32O4/c1-6-7-8-9-16-13-19(24)21(22(25)20(16)23(26)27-5)18-12-15(4)10-11-17(18)14(2)3/h12-13,17-18,24-25H,2,6-11H2,1,3-5H3/t17?,18-/m0/s1/i4D3. The summed E-state index contributed by atoms with van der Waals surface area (Å²) >= 11 is 0. The lowest BCUT2D eigenvalue weighted by Gasteiger charge is -2.32. The van der Waals surface area contributed by atoms with Gasteiger partial charge in [-0.1, -0.05) is 43.6 Å². The summed E-state index contributed by atoms with van der Waals surface area (Å²) in [6.07, 6.45) is 5.80. The maximum Gasteiger partial charge on any atom is 0.341 e. The SMILES string of the molecule is [2H]C([2H])([2H])C1=C[C@H](c2c(O)cc(CCCCC)c(C(=O)OC)c2O)C(C(=C)C)CC1. The fraction of sp³-hybridized carbons (Fsp3) is 0.522. The molecule has 0 spiro atoms. The molecule has 2 rings (SSSR count). The molecule has 1 aromatic rings. The van der Waals surface area contributed by atoms with Crippen LogP contribution in [0.1, 0.15) is 84.3 Å². The van der Waals surface area contributed by atoms with Crippen molar-refractivity contribution < 1.29 is 23.9 Å². The first-order chi connectivity index (χ1) is 14.0. The van der Waals surface area contributed by atoms with Gasteiger partial charge in [0.1, 0.15) is 17.1 Å². The number of unbranched alkanes of at least 4 members (excludes halogenated alkanes) is 2. The van der Waals surface area contributed by atoms with E-state index in [1.165, 1.54) is 13.2 Å². The van der Waals surface area contributed by atoms with E-state index < -0.39 is 18.7 Å². The highest BCUT2D eigenvalue weighted by atomic mass is 16.5. The molecule has 1 aliphatic rings. The third-order valence-electron chi connectivity index (χ3n) is 5.34. The minimum Gasteiger partial charge on any atom is -0.507 e. The number of carbonyl (C=O) groups excluding carboxylic acids is 1. The van der Waals surface area contributed by atoms with E-state index in [1.807, 2.05) is 6.92 Å². The molecule has 2 atom stereocenters. The Morgan fingerprint density at radius 3 is 2.74 bits per heavy atom. The normalized spacial score (nSPS) is 21.6. The molecule has 0 radical (unpaired) electrons. The number of aromatic hydroxyl groups is 2. The van der Waals surface area contributed by atoms with Gasteiger partial charge in [-0.3, -0.25) is 0 Å². The second kappa shape index (κ2) is 9.12. The summed E-state index contributed by atoms with van der Waals surface area (Å²) in [5.41, 5.74) is 1.83. The summed E-state index contributed by atoms with van der Waals surface area (Å²) in [4.78, 5) is 12.5. The molecule has 27 heavy (non-hydrogen) atoms. The smallest absolute Gasteiger partial charge is 0.341 e. The average Bonchev–Trinajstić information content (AvgIpc) is 2.66. The van der Waals surface area contributed by atoms with E-state index in [9.17, 15) is 15.0 Å². The quantitative estimate of drug-likeness (QED) is 0.368. The molecule has 0 fully saturated rings. The number of allylic oxidation sites excluding steroid dienone is 3. The second-order valence-corrected chi connectivity index (χ2v) is 7.35. The number of ether oxygens (including phenoxy) is 1. The molecular weight excluding hydrogens is 340 g/mol. The third-order valence-corrected chi connectivity index (χ3v) is 5.34. The molecule has 2 N–H and O–H groups in total. The molecule has 0 saturated heterocycles. The van der Waals surface area contributed by atoms with Crippen molar-refractivity contribution in [3.63, 3.8) is 0 Å². The van der Waals surface area contributed by atoms with E-state index in [2.05, 4.69) is 13.5 Å². The van der Waals surface area contributed by atoms with Crippen molar-refractivity contribution in [1.29, 1.82) is 0 Å². The van der Waals surface area contributed by atoms with Crippen molar-refractivity contribution in [1.82, 2.24) is 0 Å². The van der Waals surface area contributed by atoms with Gasteiger partial charge in [-0.05, 0) is 57.0 Å². The molecule has 0 amide bonds. The van der Waals surface area contributed by atoms with Gasteiger partial charge in [-0.25, -0.2) is 4.79 Å². The van der Waals surface area contributed by atoms with E-state index in [4.69, 9.17) is 8.85 Å². The lowest BCUT2D eigenvalue weighted by molar-refractivity contribution is 0.0595. The third kappa shape index (κ3) is 4.55. The van der Waals surface area contributed by atoms with Crippen LogP contribution in [-0.2, 0) is 11.2 Å². The number of carbonyl (C=O) groups is 1. The first kappa shape index (κ1) is 16.9.